The van der Waals surface area contributed by atoms with E-state index in [0.29, 0.717) is 11.8 Å². The van der Waals surface area contributed by atoms with Crippen molar-refractivity contribution in [3.63, 3.8) is 0 Å². The molecule has 1 atom stereocenters. The Balaban J connectivity index is 0.000000237. The summed E-state index contributed by atoms with van der Waals surface area (Å²) in [6, 6.07) is 6.55. The van der Waals surface area contributed by atoms with Crippen LogP contribution in [0.15, 0.2) is 31.4 Å². The van der Waals surface area contributed by atoms with Crippen LogP contribution in [0.5, 0.6) is 0 Å². The second kappa shape index (κ2) is 16.3. The zero-order chi connectivity index (χ0) is 29.1. The van der Waals surface area contributed by atoms with Gasteiger partial charge in [0.05, 0.1) is 0 Å². The van der Waals surface area contributed by atoms with Crippen LogP contribution in [0, 0.1) is 31.6 Å². The molecule has 5 rings (SSSR count). The molecule has 3 aliphatic rings. The molecule has 3 aliphatic carbocycles. The van der Waals surface area contributed by atoms with E-state index in [1.807, 2.05) is 25.2 Å². The Bertz CT molecular complexity index is 1130. The van der Waals surface area contributed by atoms with Gasteiger partial charge in [-0.3, -0.25) is 0 Å². The molecule has 0 saturated heterocycles. The van der Waals surface area contributed by atoms with Gasteiger partial charge in [0.1, 0.15) is 6.29 Å². The molecular formula is C35H51NOS2. The van der Waals surface area contributed by atoms with Crippen molar-refractivity contribution in [2.24, 2.45) is 17.8 Å². The Morgan fingerprint density at radius 1 is 1.10 bits per heavy atom. The highest BCUT2D eigenvalue weighted by Crippen LogP contribution is 2.39. The number of carbonyl (C=O) groups excluding carboxylic acids is 1. The predicted molar refractivity (Wildman–Crippen MR) is 178 cm³/mol. The third-order valence-corrected chi connectivity index (χ3v) is 9.07. The van der Waals surface area contributed by atoms with E-state index >= 15 is 0 Å². The van der Waals surface area contributed by atoms with Gasteiger partial charge in [0.2, 0.25) is 0 Å². The van der Waals surface area contributed by atoms with Gasteiger partial charge in [-0.05, 0) is 112 Å². The van der Waals surface area contributed by atoms with E-state index in [0.717, 1.165) is 55.7 Å². The first kappa shape index (κ1) is 33.2. The quantitative estimate of drug-likeness (QED) is 0.255. The Kier molecular flexibility index (Phi) is 13.8. The van der Waals surface area contributed by atoms with Crippen LogP contribution in [0.25, 0.3) is 11.3 Å². The number of nitrogens with one attached hydrogen (secondary N) is 1. The number of thiophene rings is 1. The number of aryl methyl sites for hydroxylation is 4. The van der Waals surface area contributed by atoms with Gasteiger partial charge in [0.25, 0.3) is 0 Å². The number of fused-ring (bicyclic) bond motifs is 1. The Morgan fingerprint density at radius 3 is 2.26 bits per heavy atom. The lowest BCUT2D eigenvalue weighted by Gasteiger charge is -2.23. The van der Waals surface area contributed by atoms with Crippen LogP contribution in [0.3, 0.4) is 0 Å². The van der Waals surface area contributed by atoms with Crippen molar-refractivity contribution >= 4 is 46.0 Å². The van der Waals surface area contributed by atoms with Crippen LogP contribution in [-0.4, -0.2) is 17.7 Å². The van der Waals surface area contributed by atoms with Crippen LogP contribution in [0.4, 0.5) is 0 Å². The fourth-order valence-corrected chi connectivity index (χ4v) is 6.25. The predicted octanol–water partition coefficient (Wildman–Crippen LogP) is 9.73. The van der Waals surface area contributed by atoms with Crippen LogP contribution in [-0.2, 0) is 24.1 Å². The molecule has 1 aromatic carbocycles. The fraction of sp³-hybridized carbons (Fsp3) is 0.543. The smallest absolute Gasteiger partial charge is 0.123 e. The summed E-state index contributed by atoms with van der Waals surface area (Å²) >= 11 is 7.38. The molecule has 1 N–H and O–H groups in total. The number of thiocarbonyl (C=S) groups is 1. The summed E-state index contributed by atoms with van der Waals surface area (Å²) in [6.07, 6.45) is 10.7. The maximum atomic E-state index is 9.57. The summed E-state index contributed by atoms with van der Waals surface area (Å²) in [6.45, 7) is 24.1. The zero-order valence-corrected chi connectivity index (χ0v) is 27.2. The Labute approximate surface area is 248 Å². The molecule has 0 amide bonds. The molecule has 0 aliphatic heterocycles. The van der Waals surface area contributed by atoms with Crippen LogP contribution in [0.2, 0.25) is 0 Å². The average molecular weight is 566 g/mol. The van der Waals surface area contributed by atoms with Gasteiger partial charge in [0.15, 0.2) is 0 Å². The van der Waals surface area contributed by atoms with Gasteiger partial charge in [-0.1, -0.05) is 75.5 Å². The second-order valence-corrected chi connectivity index (χ2v) is 13.0. The number of benzene rings is 1. The summed E-state index contributed by atoms with van der Waals surface area (Å²) in [4.78, 5) is 13.7. The molecular weight excluding hydrogens is 515 g/mol. The monoisotopic (exact) mass is 565 g/mol. The molecule has 1 heterocycles. The van der Waals surface area contributed by atoms with Gasteiger partial charge >= 0.3 is 0 Å². The largest absolute Gasteiger partial charge is 0.385 e. The number of aldehydes is 1. The standard InChI is InChI=1S/C17H23NS2.C12H16.C4H6O.C2H6/c1-10(18-9-13-4-5-13)17-12(3)20-16-7-6-14(11(2)19)8-15(16)17;1-5-11-8-10(4)6-7-12(11)9(2)3;5-3-4-1-2-4;1-2/h13-14,18H,1,4-9H2,2-3H3;6-8H,2,5H2,1,3-4H3;3-4H,1-2H2;1-2H3. The Hall–Kier alpha value is -2.04. The first-order valence-corrected chi connectivity index (χ1v) is 16.1. The topological polar surface area (TPSA) is 29.1 Å². The number of carbonyl (C=O) groups is 1. The summed E-state index contributed by atoms with van der Waals surface area (Å²) in [5.41, 5.74) is 9.26. The average Bonchev–Trinajstić information content (AvgIpc) is 3.85. The molecule has 1 unspecified atom stereocenters. The van der Waals surface area contributed by atoms with E-state index in [1.165, 1.54) is 63.2 Å². The van der Waals surface area contributed by atoms with Crippen molar-refractivity contribution in [3.05, 3.63) is 68.9 Å². The summed E-state index contributed by atoms with van der Waals surface area (Å²) in [5.74, 6) is 1.92. The van der Waals surface area contributed by atoms with E-state index in [4.69, 9.17) is 12.2 Å². The lowest BCUT2D eigenvalue weighted by Crippen LogP contribution is -2.21. The molecule has 214 valence electrons. The maximum Gasteiger partial charge on any atom is 0.123 e. The first-order valence-electron chi connectivity index (χ1n) is 14.9. The molecule has 0 spiro atoms. The minimum absolute atomic E-state index is 0.454. The third kappa shape index (κ3) is 10.5. The van der Waals surface area contributed by atoms with Crippen LogP contribution in [0.1, 0.15) is 104 Å². The minimum atomic E-state index is 0.454. The number of allylic oxidation sites excluding steroid dienone is 1. The van der Waals surface area contributed by atoms with E-state index in [2.05, 4.69) is 71.3 Å². The van der Waals surface area contributed by atoms with Gasteiger partial charge in [-0.2, -0.15) is 0 Å². The molecule has 2 nitrogen and oxygen atoms in total. The van der Waals surface area contributed by atoms with Crippen molar-refractivity contribution in [2.45, 2.75) is 99.8 Å². The Morgan fingerprint density at radius 2 is 1.77 bits per heavy atom. The summed E-state index contributed by atoms with van der Waals surface area (Å²) < 4.78 is 0. The van der Waals surface area contributed by atoms with Crippen molar-refractivity contribution in [1.29, 1.82) is 0 Å². The normalized spacial score (nSPS) is 17.1. The van der Waals surface area contributed by atoms with Crippen LogP contribution < -0.4 is 5.32 Å². The lowest BCUT2D eigenvalue weighted by molar-refractivity contribution is -0.108. The SMILES string of the molecule is C=C(C)c1ccc(C)cc1CC.C=C(NCC1CC1)c1c(C)sc2c1CC(C(C)=S)CC2.CC.O=CC1CC1. The molecule has 2 fully saturated rings. The van der Waals surface area contributed by atoms with Crippen molar-refractivity contribution in [1.82, 2.24) is 5.32 Å². The molecule has 2 aromatic rings. The molecule has 39 heavy (non-hydrogen) atoms. The molecule has 1 aromatic heterocycles. The first-order chi connectivity index (χ1) is 18.6. The van der Waals surface area contributed by atoms with E-state index in [-0.39, 0.29) is 0 Å². The van der Waals surface area contributed by atoms with E-state index in [1.54, 1.807) is 4.88 Å². The van der Waals surface area contributed by atoms with Crippen molar-refractivity contribution in [3.8, 4) is 0 Å². The number of rotatable bonds is 8. The summed E-state index contributed by atoms with van der Waals surface area (Å²) in [7, 11) is 0. The summed E-state index contributed by atoms with van der Waals surface area (Å²) in [5, 5.41) is 3.56. The van der Waals surface area contributed by atoms with Crippen molar-refractivity contribution < 1.29 is 4.79 Å². The third-order valence-electron chi connectivity index (χ3n) is 7.53. The van der Waals surface area contributed by atoms with Gasteiger partial charge in [-0.25, -0.2) is 0 Å². The van der Waals surface area contributed by atoms with Crippen molar-refractivity contribution in [2.75, 3.05) is 6.54 Å². The lowest BCUT2D eigenvalue weighted by atomic mass is 9.84. The maximum absolute atomic E-state index is 9.57. The molecule has 2 saturated carbocycles. The number of hydrogen-bond donors (Lipinski definition) is 1. The van der Waals surface area contributed by atoms with Gasteiger partial charge in [-0.15, -0.1) is 11.3 Å². The number of hydrogen-bond acceptors (Lipinski definition) is 4. The molecule has 0 bridgehead atoms. The highest BCUT2D eigenvalue weighted by molar-refractivity contribution is 7.80. The molecule has 0 radical (unpaired) electrons. The van der Waals surface area contributed by atoms with Gasteiger partial charge < -0.3 is 10.1 Å². The fourth-order valence-electron chi connectivity index (χ4n) is 4.80. The zero-order valence-electron chi connectivity index (χ0n) is 25.5. The van der Waals surface area contributed by atoms with Crippen LogP contribution >= 0.6 is 23.6 Å². The van der Waals surface area contributed by atoms with E-state index in [9.17, 15) is 4.79 Å². The van der Waals surface area contributed by atoms with E-state index < -0.39 is 0 Å². The minimum Gasteiger partial charge on any atom is -0.385 e. The molecule has 4 heteroatoms. The van der Waals surface area contributed by atoms with Gasteiger partial charge in [0, 0.05) is 33.5 Å². The second-order valence-electron chi connectivity index (χ2n) is 11.1. The highest BCUT2D eigenvalue weighted by Gasteiger charge is 2.27. The highest BCUT2D eigenvalue weighted by atomic mass is 32.1.